The van der Waals surface area contributed by atoms with Crippen LogP contribution in [0.15, 0.2) is 0 Å². The first-order valence-electron chi connectivity index (χ1n) is 4.83. The Labute approximate surface area is 83.9 Å². The molecule has 14 heavy (non-hydrogen) atoms. The zero-order valence-corrected chi connectivity index (χ0v) is 8.91. The van der Waals surface area contributed by atoms with Gasteiger partial charge in [-0.05, 0) is 12.8 Å². The summed E-state index contributed by atoms with van der Waals surface area (Å²) in [4.78, 5) is 10.6. The second-order valence-corrected chi connectivity index (χ2v) is 4.59. The smallest absolute Gasteiger partial charge is 0.302 e. The van der Waals surface area contributed by atoms with Gasteiger partial charge in [0.2, 0.25) is 0 Å². The Balaban J connectivity index is 2.69. The van der Waals surface area contributed by atoms with Crippen LogP contribution in [0.5, 0.6) is 0 Å². The lowest BCUT2D eigenvalue weighted by Gasteiger charge is -2.37. The van der Waals surface area contributed by atoms with Crippen molar-refractivity contribution in [3.63, 3.8) is 0 Å². The number of aliphatic hydroxyl groups excluding tert-OH is 1. The largest absolute Gasteiger partial charge is 0.463 e. The maximum atomic E-state index is 10.6. The third-order valence-electron chi connectivity index (χ3n) is 3.38. The monoisotopic (exact) mass is 202 g/mol. The zero-order chi connectivity index (χ0) is 11.0. The van der Waals surface area contributed by atoms with Crippen molar-refractivity contribution in [2.75, 3.05) is 6.61 Å². The highest BCUT2D eigenvalue weighted by Crippen LogP contribution is 2.46. The van der Waals surface area contributed by atoms with E-state index in [-0.39, 0.29) is 6.61 Å². The van der Waals surface area contributed by atoms with E-state index < -0.39 is 23.1 Å². The first-order valence-corrected chi connectivity index (χ1v) is 4.83. The summed E-state index contributed by atoms with van der Waals surface area (Å²) in [7, 11) is 0. The molecule has 0 aromatic rings. The molecule has 82 valence electrons. The lowest BCUT2D eigenvalue weighted by Crippen LogP contribution is -2.48. The molecule has 0 saturated heterocycles. The van der Waals surface area contributed by atoms with Crippen LogP contribution >= 0.6 is 0 Å². The molecule has 0 heterocycles. The van der Waals surface area contributed by atoms with E-state index in [4.69, 9.17) is 4.74 Å². The van der Waals surface area contributed by atoms with E-state index in [0.29, 0.717) is 12.8 Å². The zero-order valence-electron chi connectivity index (χ0n) is 8.91. The predicted octanol–water partition coefficient (Wildman–Crippen LogP) is 0.461. The molecule has 1 aliphatic rings. The third-order valence-corrected chi connectivity index (χ3v) is 3.38. The van der Waals surface area contributed by atoms with Crippen LogP contribution in [-0.2, 0) is 9.53 Å². The lowest BCUT2D eigenvalue weighted by atomic mass is 9.77. The Bertz CT molecular complexity index is 236. The second-order valence-electron chi connectivity index (χ2n) is 4.59. The third kappa shape index (κ3) is 1.77. The Morgan fingerprint density at radius 1 is 1.57 bits per heavy atom. The van der Waals surface area contributed by atoms with Crippen molar-refractivity contribution >= 4 is 5.97 Å². The molecule has 2 N–H and O–H groups in total. The summed E-state index contributed by atoms with van der Waals surface area (Å²) >= 11 is 0. The van der Waals surface area contributed by atoms with Crippen LogP contribution in [0.25, 0.3) is 0 Å². The molecular weight excluding hydrogens is 184 g/mol. The fourth-order valence-electron chi connectivity index (χ4n) is 1.85. The molecule has 0 amide bonds. The number of hydrogen-bond acceptors (Lipinski definition) is 4. The minimum atomic E-state index is -1.10. The Hall–Kier alpha value is -0.610. The van der Waals surface area contributed by atoms with Gasteiger partial charge >= 0.3 is 5.97 Å². The molecule has 1 rings (SSSR count). The molecule has 0 aromatic carbocycles. The number of rotatable bonds is 2. The predicted molar refractivity (Wildman–Crippen MR) is 50.6 cm³/mol. The van der Waals surface area contributed by atoms with Crippen molar-refractivity contribution in [3.8, 4) is 0 Å². The molecule has 4 heteroatoms. The van der Waals surface area contributed by atoms with Crippen molar-refractivity contribution in [1.29, 1.82) is 0 Å². The highest BCUT2D eigenvalue weighted by Gasteiger charge is 2.53. The summed E-state index contributed by atoms with van der Waals surface area (Å²) in [6.45, 7) is 4.84. The normalized spacial score (nSPS) is 35.6. The molecule has 1 saturated carbocycles. The molecule has 1 aliphatic carbocycles. The SMILES string of the molecule is CC(=O)OCC1(O)CCC(O)C1(C)C. The molecule has 0 bridgehead atoms. The molecule has 2 atom stereocenters. The minimum absolute atomic E-state index is 0.0353. The Kier molecular flexibility index (Phi) is 2.88. The Morgan fingerprint density at radius 2 is 2.14 bits per heavy atom. The number of hydrogen-bond donors (Lipinski definition) is 2. The first-order chi connectivity index (χ1) is 6.29. The van der Waals surface area contributed by atoms with Gasteiger partial charge in [-0.25, -0.2) is 0 Å². The Morgan fingerprint density at radius 3 is 2.50 bits per heavy atom. The van der Waals surface area contributed by atoms with E-state index in [2.05, 4.69) is 0 Å². The van der Waals surface area contributed by atoms with E-state index in [1.807, 2.05) is 0 Å². The van der Waals surface area contributed by atoms with Gasteiger partial charge in [-0.15, -0.1) is 0 Å². The topological polar surface area (TPSA) is 66.8 Å². The van der Waals surface area contributed by atoms with Crippen LogP contribution in [-0.4, -0.2) is 34.5 Å². The van der Waals surface area contributed by atoms with Gasteiger partial charge in [0.1, 0.15) is 12.2 Å². The van der Waals surface area contributed by atoms with Crippen LogP contribution in [0.2, 0.25) is 0 Å². The average Bonchev–Trinajstić information content (AvgIpc) is 2.27. The van der Waals surface area contributed by atoms with E-state index in [9.17, 15) is 15.0 Å². The lowest BCUT2D eigenvalue weighted by molar-refractivity contribution is -0.160. The van der Waals surface area contributed by atoms with Gasteiger partial charge < -0.3 is 14.9 Å². The number of esters is 1. The van der Waals surface area contributed by atoms with Crippen molar-refractivity contribution in [2.45, 2.75) is 45.3 Å². The van der Waals surface area contributed by atoms with Crippen molar-refractivity contribution < 1.29 is 19.7 Å². The van der Waals surface area contributed by atoms with Gasteiger partial charge in [0.15, 0.2) is 0 Å². The summed E-state index contributed by atoms with van der Waals surface area (Å²) in [6, 6.07) is 0. The number of carbonyl (C=O) groups excluding carboxylic acids is 1. The highest BCUT2D eigenvalue weighted by atomic mass is 16.5. The quantitative estimate of drug-likeness (QED) is 0.638. The van der Waals surface area contributed by atoms with E-state index in [0.717, 1.165) is 0 Å². The standard InChI is InChI=1S/C10H18O4/c1-7(11)14-6-10(13)5-4-8(12)9(10,2)3/h8,12-13H,4-6H2,1-3H3. The molecule has 0 radical (unpaired) electrons. The summed E-state index contributed by atoms with van der Waals surface area (Å²) in [6.07, 6.45) is 0.474. The van der Waals surface area contributed by atoms with Gasteiger partial charge in [-0.3, -0.25) is 4.79 Å². The second kappa shape index (κ2) is 3.51. The van der Waals surface area contributed by atoms with Gasteiger partial charge in [0, 0.05) is 12.3 Å². The van der Waals surface area contributed by atoms with E-state index >= 15 is 0 Å². The molecule has 1 fully saturated rings. The van der Waals surface area contributed by atoms with Crippen LogP contribution in [0, 0.1) is 5.41 Å². The highest BCUT2D eigenvalue weighted by molar-refractivity contribution is 5.66. The van der Waals surface area contributed by atoms with Gasteiger partial charge in [-0.1, -0.05) is 13.8 Å². The van der Waals surface area contributed by atoms with Crippen molar-refractivity contribution in [2.24, 2.45) is 5.41 Å². The van der Waals surface area contributed by atoms with Crippen LogP contribution in [0.3, 0.4) is 0 Å². The molecule has 0 aromatic heterocycles. The number of aliphatic hydroxyl groups is 2. The molecule has 4 nitrogen and oxygen atoms in total. The van der Waals surface area contributed by atoms with Crippen LogP contribution in [0.1, 0.15) is 33.6 Å². The number of carbonyl (C=O) groups is 1. The van der Waals surface area contributed by atoms with Gasteiger partial charge in [-0.2, -0.15) is 0 Å². The molecule has 0 spiro atoms. The van der Waals surface area contributed by atoms with Gasteiger partial charge in [0.05, 0.1) is 6.10 Å². The van der Waals surface area contributed by atoms with Crippen LogP contribution < -0.4 is 0 Å². The fraction of sp³-hybridized carbons (Fsp3) is 0.900. The van der Waals surface area contributed by atoms with E-state index in [1.165, 1.54) is 6.92 Å². The number of ether oxygens (including phenoxy) is 1. The summed E-state index contributed by atoms with van der Waals surface area (Å²) in [5.41, 5.74) is -1.72. The summed E-state index contributed by atoms with van der Waals surface area (Å²) in [5.74, 6) is -0.407. The van der Waals surface area contributed by atoms with E-state index in [1.54, 1.807) is 13.8 Å². The van der Waals surface area contributed by atoms with Crippen molar-refractivity contribution in [1.82, 2.24) is 0 Å². The minimum Gasteiger partial charge on any atom is -0.463 e. The molecule has 0 aliphatic heterocycles. The first kappa shape index (κ1) is 11.5. The molecular formula is C10H18O4. The molecule has 2 unspecified atom stereocenters. The van der Waals surface area contributed by atoms with Gasteiger partial charge in [0.25, 0.3) is 0 Å². The average molecular weight is 202 g/mol. The van der Waals surface area contributed by atoms with Crippen molar-refractivity contribution in [3.05, 3.63) is 0 Å². The summed E-state index contributed by atoms with van der Waals surface area (Å²) < 4.78 is 4.81. The summed E-state index contributed by atoms with van der Waals surface area (Å²) in [5, 5.41) is 19.9. The maximum absolute atomic E-state index is 10.6. The van der Waals surface area contributed by atoms with Crippen LogP contribution in [0.4, 0.5) is 0 Å². The fourth-order valence-corrected chi connectivity index (χ4v) is 1.85. The maximum Gasteiger partial charge on any atom is 0.302 e.